The van der Waals surface area contributed by atoms with Gasteiger partial charge in [-0.15, -0.1) is 0 Å². The van der Waals surface area contributed by atoms with Gasteiger partial charge in [-0.25, -0.2) is 0 Å². The first-order chi connectivity index (χ1) is 19.5. The molecule has 9 heteroatoms. The Morgan fingerprint density at radius 2 is 1.60 bits per heavy atom. The summed E-state index contributed by atoms with van der Waals surface area (Å²) < 4.78 is 28.0. The van der Waals surface area contributed by atoms with E-state index in [4.69, 9.17) is 23.7 Å². The predicted molar refractivity (Wildman–Crippen MR) is 147 cm³/mol. The SMILES string of the molecule is COc1cc(C2c3cc4c(cc3C(O)C(CO)C2C(=O)NCCCc2ccccc2)OCO4)cc(OC)c1OC. The van der Waals surface area contributed by atoms with E-state index in [1.807, 2.05) is 36.4 Å². The van der Waals surface area contributed by atoms with Crippen molar-refractivity contribution in [1.82, 2.24) is 5.32 Å². The maximum atomic E-state index is 13.9. The van der Waals surface area contributed by atoms with Gasteiger partial charge in [0.15, 0.2) is 23.0 Å². The van der Waals surface area contributed by atoms with Crippen LogP contribution in [0.1, 0.15) is 40.7 Å². The summed E-state index contributed by atoms with van der Waals surface area (Å²) >= 11 is 0. The van der Waals surface area contributed by atoms with Crippen LogP contribution in [0.25, 0.3) is 0 Å². The molecule has 1 heterocycles. The number of amides is 1. The van der Waals surface area contributed by atoms with Crippen LogP contribution in [0.2, 0.25) is 0 Å². The minimum absolute atomic E-state index is 0.0674. The molecule has 2 aliphatic rings. The number of nitrogens with one attached hydrogen (secondary N) is 1. The number of aliphatic hydroxyl groups excluding tert-OH is 2. The number of aliphatic hydroxyl groups is 2. The summed E-state index contributed by atoms with van der Waals surface area (Å²) in [6.07, 6.45) is 0.479. The Kier molecular flexibility index (Phi) is 8.32. The molecule has 3 aromatic carbocycles. The third-order valence-corrected chi connectivity index (χ3v) is 7.80. The van der Waals surface area contributed by atoms with Gasteiger partial charge in [-0.3, -0.25) is 4.79 Å². The third kappa shape index (κ3) is 5.14. The Bertz CT molecular complexity index is 1320. The van der Waals surface area contributed by atoms with Crippen molar-refractivity contribution in [2.45, 2.75) is 24.9 Å². The molecule has 0 saturated carbocycles. The first-order valence-electron chi connectivity index (χ1n) is 13.3. The van der Waals surface area contributed by atoms with Gasteiger partial charge < -0.3 is 39.2 Å². The van der Waals surface area contributed by atoms with Crippen LogP contribution in [0.3, 0.4) is 0 Å². The monoisotopic (exact) mass is 549 g/mol. The fourth-order valence-electron chi connectivity index (χ4n) is 5.86. The lowest BCUT2D eigenvalue weighted by atomic mass is 9.64. The van der Waals surface area contributed by atoms with Crippen molar-refractivity contribution >= 4 is 5.91 Å². The molecular formula is C31H35NO8. The summed E-state index contributed by atoms with van der Waals surface area (Å²) in [5, 5.41) is 25.0. The number of hydrogen-bond acceptors (Lipinski definition) is 8. The number of methoxy groups -OCH3 is 3. The first kappa shape index (κ1) is 27.6. The molecule has 40 heavy (non-hydrogen) atoms. The summed E-state index contributed by atoms with van der Waals surface area (Å²) in [6, 6.07) is 17.3. The summed E-state index contributed by atoms with van der Waals surface area (Å²) in [7, 11) is 4.59. The highest BCUT2D eigenvalue weighted by molar-refractivity contribution is 5.82. The van der Waals surface area contributed by atoms with Crippen molar-refractivity contribution in [3.8, 4) is 28.7 Å². The van der Waals surface area contributed by atoms with E-state index in [1.165, 1.54) is 26.9 Å². The van der Waals surface area contributed by atoms with Crippen molar-refractivity contribution in [3.05, 3.63) is 76.9 Å². The molecule has 3 aromatic rings. The molecule has 1 amide bonds. The summed E-state index contributed by atoms with van der Waals surface area (Å²) in [4.78, 5) is 13.9. The summed E-state index contributed by atoms with van der Waals surface area (Å²) in [6.45, 7) is 0.129. The van der Waals surface area contributed by atoms with E-state index < -0.39 is 30.5 Å². The van der Waals surface area contributed by atoms with Gasteiger partial charge >= 0.3 is 0 Å². The lowest BCUT2D eigenvalue weighted by Gasteiger charge is -2.41. The molecule has 3 N–H and O–H groups in total. The van der Waals surface area contributed by atoms with Crippen LogP contribution >= 0.6 is 0 Å². The first-order valence-corrected chi connectivity index (χ1v) is 13.3. The average Bonchev–Trinajstić information content (AvgIpc) is 3.45. The minimum Gasteiger partial charge on any atom is -0.493 e. The maximum absolute atomic E-state index is 13.9. The Morgan fingerprint density at radius 3 is 2.20 bits per heavy atom. The molecule has 1 aliphatic carbocycles. The smallest absolute Gasteiger partial charge is 0.231 e. The van der Waals surface area contributed by atoms with Gasteiger partial charge in [0, 0.05) is 25.0 Å². The highest BCUT2D eigenvalue weighted by Crippen LogP contribution is 2.53. The van der Waals surface area contributed by atoms with Gasteiger partial charge in [0.1, 0.15) is 0 Å². The fraction of sp³-hybridized carbons (Fsp3) is 0.387. The van der Waals surface area contributed by atoms with Gasteiger partial charge in [0.25, 0.3) is 0 Å². The summed E-state index contributed by atoms with van der Waals surface area (Å²) in [5.41, 5.74) is 3.19. The van der Waals surface area contributed by atoms with Crippen LogP contribution in [0.4, 0.5) is 0 Å². The van der Waals surface area contributed by atoms with Gasteiger partial charge in [0.2, 0.25) is 18.4 Å². The van der Waals surface area contributed by atoms with Gasteiger partial charge in [-0.1, -0.05) is 30.3 Å². The molecule has 0 aromatic heterocycles. The average molecular weight is 550 g/mol. The lowest BCUT2D eigenvalue weighted by molar-refractivity contribution is -0.131. The van der Waals surface area contributed by atoms with Gasteiger partial charge in [0.05, 0.1) is 33.4 Å². The van der Waals surface area contributed by atoms with Crippen molar-refractivity contribution < 1.29 is 38.7 Å². The molecule has 1 aliphatic heterocycles. The fourth-order valence-corrected chi connectivity index (χ4v) is 5.86. The second-order valence-electron chi connectivity index (χ2n) is 9.97. The molecule has 0 saturated heterocycles. The zero-order valence-electron chi connectivity index (χ0n) is 22.9. The molecule has 9 nitrogen and oxygen atoms in total. The molecule has 4 atom stereocenters. The van der Waals surface area contributed by atoms with E-state index in [9.17, 15) is 15.0 Å². The van der Waals surface area contributed by atoms with Crippen LogP contribution < -0.4 is 29.0 Å². The van der Waals surface area contributed by atoms with Crippen LogP contribution in [-0.4, -0.2) is 57.4 Å². The summed E-state index contributed by atoms with van der Waals surface area (Å²) in [5.74, 6) is -0.0359. The Labute approximate surface area is 233 Å². The van der Waals surface area contributed by atoms with Crippen LogP contribution in [0, 0.1) is 11.8 Å². The van der Waals surface area contributed by atoms with Gasteiger partial charge in [-0.2, -0.15) is 0 Å². The number of ether oxygens (including phenoxy) is 5. The van der Waals surface area contributed by atoms with E-state index in [-0.39, 0.29) is 12.7 Å². The van der Waals surface area contributed by atoms with Crippen molar-refractivity contribution in [2.75, 3.05) is 41.3 Å². The number of hydrogen-bond donors (Lipinski definition) is 3. The van der Waals surface area contributed by atoms with E-state index in [1.54, 1.807) is 6.07 Å². The van der Waals surface area contributed by atoms with Crippen molar-refractivity contribution in [3.63, 3.8) is 0 Å². The lowest BCUT2D eigenvalue weighted by Crippen LogP contribution is -2.45. The molecule has 4 unspecified atom stereocenters. The predicted octanol–water partition coefficient (Wildman–Crippen LogP) is 3.59. The molecule has 0 radical (unpaired) electrons. The van der Waals surface area contributed by atoms with Crippen LogP contribution in [-0.2, 0) is 11.2 Å². The van der Waals surface area contributed by atoms with Crippen molar-refractivity contribution in [2.24, 2.45) is 11.8 Å². The standard InChI is InChI=1S/C31H35NO8/c1-36-25-12-19(13-26(37-2)30(25)38-3)27-20-14-23-24(40-17-39-23)15-21(20)29(34)22(16-33)28(27)31(35)32-11-7-10-18-8-5-4-6-9-18/h4-6,8-9,12-15,22,27-29,33-34H,7,10-11,16-17H2,1-3H3,(H,32,35). The van der Waals surface area contributed by atoms with E-state index in [0.29, 0.717) is 52.0 Å². The van der Waals surface area contributed by atoms with E-state index >= 15 is 0 Å². The number of benzene rings is 3. The molecule has 0 fully saturated rings. The van der Waals surface area contributed by atoms with Gasteiger partial charge in [-0.05, 0) is 59.4 Å². The van der Waals surface area contributed by atoms with Crippen molar-refractivity contribution in [1.29, 1.82) is 0 Å². The van der Waals surface area contributed by atoms with E-state index in [2.05, 4.69) is 17.4 Å². The zero-order chi connectivity index (χ0) is 28.2. The number of carbonyl (C=O) groups excluding carboxylic acids is 1. The highest BCUT2D eigenvalue weighted by atomic mass is 16.7. The Morgan fingerprint density at radius 1 is 0.950 bits per heavy atom. The topological polar surface area (TPSA) is 116 Å². The zero-order valence-corrected chi connectivity index (χ0v) is 22.9. The second kappa shape index (κ2) is 12.1. The molecule has 0 bridgehead atoms. The largest absolute Gasteiger partial charge is 0.493 e. The van der Waals surface area contributed by atoms with Crippen LogP contribution in [0.15, 0.2) is 54.6 Å². The number of carbonyl (C=O) groups is 1. The Balaban J connectivity index is 1.55. The minimum atomic E-state index is -1.09. The molecular weight excluding hydrogens is 514 g/mol. The Hall–Kier alpha value is -3.95. The molecule has 212 valence electrons. The quantitative estimate of drug-likeness (QED) is 0.329. The molecule has 5 rings (SSSR count). The maximum Gasteiger partial charge on any atom is 0.231 e. The second-order valence-corrected chi connectivity index (χ2v) is 9.97. The number of rotatable bonds is 10. The number of aryl methyl sites for hydroxylation is 1. The molecule has 0 spiro atoms. The van der Waals surface area contributed by atoms with Crippen LogP contribution in [0.5, 0.6) is 28.7 Å². The normalized spacial score (nSPS) is 20.9. The third-order valence-electron chi connectivity index (χ3n) is 7.80. The number of fused-ring (bicyclic) bond motifs is 2. The van der Waals surface area contributed by atoms with E-state index in [0.717, 1.165) is 12.8 Å². The highest BCUT2D eigenvalue weighted by Gasteiger charge is 2.47.